The van der Waals surface area contributed by atoms with E-state index in [9.17, 15) is 9.59 Å². The molecule has 0 unspecified atom stereocenters. The number of benzene rings is 2. The quantitative estimate of drug-likeness (QED) is 0.717. The maximum Gasteiger partial charge on any atom is 0.307 e. The molecule has 0 saturated carbocycles. The molecule has 0 fully saturated rings. The fraction of sp³-hybridized carbons (Fsp3) is 0.176. The molecule has 3 rings (SSSR count). The van der Waals surface area contributed by atoms with Crippen molar-refractivity contribution in [2.24, 2.45) is 7.05 Å². The number of fused-ring (bicyclic) bond motifs is 1. The lowest BCUT2D eigenvalue weighted by Gasteiger charge is -2.15. The zero-order chi connectivity index (χ0) is 17.3. The van der Waals surface area contributed by atoms with Crippen LogP contribution in [0.3, 0.4) is 0 Å². The average molecular weight is 407 g/mol. The molecule has 1 N–H and O–H groups in total. The number of thiazole rings is 1. The smallest absolute Gasteiger partial charge is 0.307 e. The molecule has 3 aromatic rings. The normalized spacial score (nSPS) is 12.1. The van der Waals surface area contributed by atoms with Gasteiger partial charge in [0.1, 0.15) is 5.75 Å². The summed E-state index contributed by atoms with van der Waals surface area (Å²) in [7, 11) is 1.73. The summed E-state index contributed by atoms with van der Waals surface area (Å²) in [4.78, 5) is 23.9. The monoisotopic (exact) mass is 406 g/mol. The predicted molar refractivity (Wildman–Crippen MR) is 99.9 cm³/mol. The lowest BCUT2D eigenvalue weighted by molar-refractivity contribution is -0.122. The zero-order valence-corrected chi connectivity index (χ0v) is 15.5. The highest BCUT2D eigenvalue weighted by Crippen LogP contribution is 2.22. The van der Waals surface area contributed by atoms with Crippen molar-refractivity contribution in [2.45, 2.75) is 13.0 Å². The van der Waals surface area contributed by atoms with Gasteiger partial charge in [0.25, 0.3) is 5.91 Å². The van der Waals surface area contributed by atoms with E-state index in [4.69, 9.17) is 4.74 Å². The molecule has 7 heteroatoms. The van der Waals surface area contributed by atoms with Crippen LogP contribution in [-0.2, 0) is 11.8 Å². The highest BCUT2D eigenvalue weighted by atomic mass is 79.9. The predicted octanol–water partition coefficient (Wildman–Crippen LogP) is 3.77. The van der Waals surface area contributed by atoms with E-state index in [0.717, 1.165) is 26.0 Å². The first kappa shape index (κ1) is 16.7. The molecule has 124 valence electrons. The van der Waals surface area contributed by atoms with E-state index in [2.05, 4.69) is 21.2 Å². The van der Waals surface area contributed by atoms with Gasteiger partial charge in [-0.15, -0.1) is 0 Å². The summed E-state index contributed by atoms with van der Waals surface area (Å²) < 4.78 is 9.00. The molecule has 0 saturated heterocycles. The van der Waals surface area contributed by atoms with Gasteiger partial charge in [-0.25, -0.2) is 0 Å². The van der Waals surface area contributed by atoms with Gasteiger partial charge >= 0.3 is 4.87 Å². The number of halogens is 1. The van der Waals surface area contributed by atoms with Crippen molar-refractivity contribution in [3.63, 3.8) is 0 Å². The van der Waals surface area contributed by atoms with Crippen molar-refractivity contribution in [3.8, 4) is 5.75 Å². The Hall–Kier alpha value is -2.12. The number of hydrogen-bond acceptors (Lipinski definition) is 4. The maximum absolute atomic E-state index is 12.3. The van der Waals surface area contributed by atoms with Crippen LogP contribution in [0.5, 0.6) is 5.75 Å². The average Bonchev–Trinajstić information content (AvgIpc) is 2.83. The number of carbonyl (C=O) groups excluding carboxylic acids is 1. The summed E-state index contributed by atoms with van der Waals surface area (Å²) in [6.45, 7) is 1.69. The van der Waals surface area contributed by atoms with Crippen molar-refractivity contribution >= 4 is 49.1 Å². The molecule has 2 aromatic carbocycles. The number of nitrogens with one attached hydrogen (secondary N) is 1. The number of rotatable bonds is 4. The lowest BCUT2D eigenvalue weighted by Crippen LogP contribution is -2.30. The molecule has 0 radical (unpaired) electrons. The van der Waals surface area contributed by atoms with E-state index in [1.807, 2.05) is 18.2 Å². The Bertz CT molecular complexity index is 947. The molecule has 0 bridgehead atoms. The van der Waals surface area contributed by atoms with E-state index in [1.54, 1.807) is 42.8 Å². The maximum atomic E-state index is 12.3. The summed E-state index contributed by atoms with van der Waals surface area (Å²) in [6.07, 6.45) is -0.642. The highest BCUT2D eigenvalue weighted by Gasteiger charge is 2.15. The number of aromatic nitrogens is 1. The minimum atomic E-state index is -0.642. The van der Waals surface area contributed by atoms with Gasteiger partial charge in [-0.3, -0.25) is 9.59 Å². The van der Waals surface area contributed by atoms with Crippen molar-refractivity contribution < 1.29 is 9.53 Å². The van der Waals surface area contributed by atoms with Crippen LogP contribution in [0, 0.1) is 0 Å². The number of carbonyl (C=O) groups is 1. The molecule has 0 aliphatic rings. The molecule has 5 nitrogen and oxygen atoms in total. The standard InChI is InChI=1S/C17H15BrN2O3S/c1-10(23-13-6-3-11(18)4-7-13)16(21)19-12-5-8-14-15(9-12)24-17(22)20(14)2/h3-10H,1-2H3,(H,19,21)/t10-/m1/s1. The number of ether oxygens (including phenoxy) is 1. The van der Waals surface area contributed by atoms with Gasteiger partial charge in [-0.2, -0.15) is 0 Å². The van der Waals surface area contributed by atoms with Gasteiger partial charge in [0.2, 0.25) is 0 Å². The first-order chi connectivity index (χ1) is 11.4. The van der Waals surface area contributed by atoms with Gasteiger partial charge in [-0.05, 0) is 49.4 Å². The first-order valence-electron chi connectivity index (χ1n) is 7.27. The topological polar surface area (TPSA) is 60.3 Å². The fourth-order valence-electron chi connectivity index (χ4n) is 2.23. The molecule has 1 heterocycles. The fourth-order valence-corrected chi connectivity index (χ4v) is 3.41. The highest BCUT2D eigenvalue weighted by molar-refractivity contribution is 9.10. The second-order valence-electron chi connectivity index (χ2n) is 5.31. The molecule has 24 heavy (non-hydrogen) atoms. The van der Waals surface area contributed by atoms with Crippen LogP contribution in [0.1, 0.15) is 6.92 Å². The Morgan fingerprint density at radius 1 is 1.25 bits per heavy atom. The lowest BCUT2D eigenvalue weighted by atomic mass is 10.2. The number of hydrogen-bond donors (Lipinski definition) is 1. The molecule has 0 aliphatic carbocycles. The summed E-state index contributed by atoms with van der Waals surface area (Å²) in [5, 5.41) is 2.82. The van der Waals surface area contributed by atoms with E-state index in [-0.39, 0.29) is 10.8 Å². The Balaban J connectivity index is 1.71. The zero-order valence-electron chi connectivity index (χ0n) is 13.1. The van der Waals surface area contributed by atoms with Gasteiger partial charge in [0.15, 0.2) is 6.10 Å². The summed E-state index contributed by atoms with van der Waals surface area (Å²) in [6, 6.07) is 12.7. The number of amides is 1. The van der Waals surface area contributed by atoms with Crippen LogP contribution in [0.15, 0.2) is 51.7 Å². The van der Waals surface area contributed by atoms with E-state index < -0.39 is 6.10 Å². The Labute approximate surface area is 151 Å². The third-order valence-electron chi connectivity index (χ3n) is 3.56. The number of aryl methyl sites for hydroxylation is 1. The van der Waals surface area contributed by atoms with Crippen LogP contribution in [-0.4, -0.2) is 16.6 Å². The van der Waals surface area contributed by atoms with Gasteiger partial charge in [0.05, 0.1) is 10.2 Å². The minimum absolute atomic E-state index is 0.0274. The Kier molecular flexibility index (Phi) is 4.73. The second kappa shape index (κ2) is 6.78. The largest absolute Gasteiger partial charge is 0.481 e. The van der Waals surface area contributed by atoms with Crippen LogP contribution in [0.2, 0.25) is 0 Å². The van der Waals surface area contributed by atoms with Gasteiger partial charge in [-0.1, -0.05) is 27.3 Å². The van der Waals surface area contributed by atoms with Crippen LogP contribution in [0.25, 0.3) is 10.2 Å². The SMILES string of the molecule is C[C@@H](Oc1ccc(Br)cc1)C(=O)Nc1ccc2c(c1)sc(=O)n2C. The van der Waals surface area contributed by atoms with Crippen molar-refractivity contribution in [3.05, 3.63) is 56.6 Å². The number of anilines is 1. The summed E-state index contributed by atoms with van der Waals surface area (Å²) >= 11 is 4.51. The molecular formula is C17H15BrN2O3S. The van der Waals surface area contributed by atoms with Gasteiger partial charge < -0.3 is 14.6 Å². The third-order valence-corrected chi connectivity index (χ3v) is 5.08. The van der Waals surface area contributed by atoms with E-state index in [1.165, 1.54) is 0 Å². The minimum Gasteiger partial charge on any atom is -0.481 e. The Morgan fingerprint density at radius 2 is 1.96 bits per heavy atom. The summed E-state index contributed by atoms with van der Waals surface area (Å²) in [5.74, 6) is 0.373. The Morgan fingerprint density at radius 3 is 2.67 bits per heavy atom. The van der Waals surface area contributed by atoms with Crippen LogP contribution in [0.4, 0.5) is 5.69 Å². The van der Waals surface area contributed by atoms with Crippen molar-refractivity contribution in [2.75, 3.05) is 5.32 Å². The molecule has 1 aromatic heterocycles. The molecule has 1 amide bonds. The van der Waals surface area contributed by atoms with E-state index in [0.29, 0.717) is 11.4 Å². The van der Waals surface area contributed by atoms with Crippen LogP contribution >= 0.6 is 27.3 Å². The van der Waals surface area contributed by atoms with E-state index >= 15 is 0 Å². The first-order valence-corrected chi connectivity index (χ1v) is 8.87. The van der Waals surface area contributed by atoms with Crippen molar-refractivity contribution in [1.29, 1.82) is 0 Å². The van der Waals surface area contributed by atoms with Crippen LogP contribution < -0.4 is 14.9 Å². The number of nitrogens with zero attached hydrogens (tertiary/aromatic N) is 1. The van der Waals surface area contributed by atoms with Crippen molar-refractivity contribution in [1.82, 2.24) is 4.57 Å². The molecular weight excluding hydrogens is 392 g/mol. The molecule has 0 spiro atoms. The third kappa shape index (κ3) is 3.52. The summed E-state index contributed by atoms with van der Waals surface area (Å²) in [5.41, 5.74) is 1.49. The second-order valence-corrected chi connectivity index (χ2v) is 7.22. The van der Waals surface area contributed by atoms with Gasteiger partial charge in [0, 0.05) is 17.2 Å². The molecule has 0 aliphatic heterocycles. The molecule has 1 atom stereocenters.